The number of benzene rings is 1. The molecule has 5 nitrogen and oxygen atoms in total. The average Bonchev–Trinajstić information content (AvgIpc) is 2.49. The summed E-state index contributed by atoms with van der Waals surface area (Å²) in [6, 6.07) is 3.85. The van der Waals surface area contributed by atoms with Crippen molar-refractivity contribution < 1.29 is 14.3 Å². The van der Waals surface area contributed by atoms with E-state index < -0.39 is 18.0 Å². The lowest BCUT2D eigenvalue weighted by Crippen LogP contribution is -2.45. The van der Waals surface area contributed by atoms with E-state index in [0.717, 1.165) is 0 Å². The van der Waals surface area contributed by atoms with Gasteiger partial charge >= 0.3 is 12.0 Å². The van der Waals surface area contributed by atoms with Crippen molar-refractivity contribution in [2.24, 2.45) is 0 Å². The molecule has 1 atom stereocenters. The van der Waals surface area contributed by atoms with Gasteiger partial charge < -0.3 is 15.4 Å². The van der Waals surface area contributed by atoms with Gasteiger partial charge in [-0.3, -0.25) is 0 Å². The van der Waals surface area contributed by atoms with Crippen molar-refractivity contribution in [2.75, 3.05) is 12.5 Å². The molecule has 0 bridgehead atoms. The summed E-state index contributed by atoms with van der Waals surface area (Å²) in [6.07, 6.45) is 0.552. The predicted octanol–water partition coefficient (Wildman–Crippen LogP) is 3.79. The highest BCUT2D eigenvalue weighted by Gasteiger charge is 2.32. The Morgan fingerprint density at radius 1 is 1.30 bits per heavy atom. The largest absolute Gasteiger partial charge is 0.462 e. The number of esters is 1. The van der Waals surface area contributed by atoms with Gasteiger partial charge in [0.15, 0.2) is 0 Å². The molecule has 2 rings (SSSR count). The molecule has 1 aromatic rings. The van der Waals surface area contributed by atoms with Crippen LogP contribution in [0.5, 0.6) is 0 Å². The number of rotatable bonds is 5. The minimum atomic E-state index is -0.665. The number of nitrogens with one attached hydrogen (secondary N) is 2. The number of carbonyl (C=O) groups is 2. The molecule has 0 fully saturated rings. The Hall–Kier alpha value is -1.43. The number of halogens is 3. The molecule has 23 heavy (non-hydrogen) atoms. The van der Waals surface area contributed by atoms with Gasteiger partial charge in [0.1, 0.15) is 0 Å². The van der Waals surface area contributed by atoms with Crippen molar-refractivity contribution in [1.82, 2.24) is 10.6 Å². The lowest BCUT2D eigenvalue weighted by Gasteiger charge is -2.28. The van der Waals surface area contributed by atoms with Crippen LogP contribution in [0.2, 0.25) is 10.0 Å². The van der Waals surface area contributed by atoms with E-state index >= 15 is 0 Å². The second-order valence-corrected chi connectivity index (χ2v) is 6.11. The zero-order chi connectivity index (χ0) is 17.0. The average molecular weight is 378 g/mol. The summed E-state index contributed by atoms with van der Waals surface area (Å²) in [6.45, 7) is 1.85. The Balaban J connectivity index is 2.33. The van der Waals surface area contributed by atoms with Crippen LogP contribution in [0.3, 0.4) is 0 Å². The highest BCUT2D eigenvalue weighted by atomic mass is 35.5. The number of allylic oxidation sites excluding steroid dienone is 1. The first-order chi connectivity index (χ1) is 10.9. The summed E-state index contributed by atoms with van der Waals surface area (Å²) < 4.78 is 5.20. The highest BCUT2D eigenvalue weighted by molar-refractivity contribution is 6.42. The van der Waals surface area contributed by atoms with E-state index in [4.69, 9.17) is 39.5 Å². The molecule has 0 radical (unpaired) electrons. The van der Waals surface area contributed by atoms with Crippen LogP contribution >= 0.6 is 34.8 Å². The van der Waals surface area contributed by atoms with Crippen molar-refractivity contribution in [1.29, 1.82) is 0 Å². The molecular weight excluding hydrogens is 363 g/mol. The zero-order valence-electron chi connectivity index (χ0n) is 12.3. The number of carbonyl (C=O) groups excluding carboxylic acids is 2. The molecule has 0 spiro atoms. The monoisotopic (exact) mass is 376 g/mol. The number of alkyl halides is 1. The quantitative estimate of drug-likeness (QED) is 0.466. The molecular formula is C15H15Cl3N2O3. The van der Waals surface area contributed by atoms with Crippen LogP contribution in [0.15, 0.2) is 29.5 Å². The highest BCUT2D eigenvalue weighted by Crippen LogP contribution is 2.31. The van der Waals surface area contributed by atoms with Crippen molar-refractivity contribution >= 4 is 46.8 Å². The summed E-state index contributed by atoms with van der Waals surface area (Å²) in [5.74, 6) is -0.118. The molecule has 0 unspecified atom stereocenters. The second kappa shape index (κ2) is 7.90. The maximum atomic E-state index is 12.4. The van der Waals surface area contributed by atoms with Crippen molar-refractivity contribution in [3.05, 3.63) is 45.1 Å². The number of hydrogen-bond acceptors (Lipinski definition) is 3. The Kier molecular flexibility index (Phi) is 6.16. The fourth-order valence-electron chi connectivity index (χ4n) is 2.20. The SMILES string of the molecule is CC1=C(C(=O)OCCCCl)[C@@H](c2ccc(Cl)c(Cl)c2)NC(=O)N1. The number of hydrogen-bond donors (Lipinski definition) is 2. The van der Waals surface area contributed by atoms with Crippen LogP contribution in [0.4, 0.5) is 4.79 Å². The zero-order valence-corrected chi connectivity index (χ0v) is 14.6. The third-order valence-electron chi connectivity index (χ3n) is 3.28. The Labute approximate surface area is 148 Å². The fraction of sp³-hybridized carbons (Fsp3) is 0.333. The number of amides is 2. The van der Waals surface area contributed by atoms with Crippen LogP contribution in [-0.4, -0.2) is 24.5 Å². The topological polar surface area (TPSA) is 67.4 Å². The van der Waals surface area contributed by atoms with Crippen LogP contribution in [-0.2, 0) is 9.53 Å². The van der Waals surface area contributed by atoms with E-state index in [9.17, 15) is 9.59 Å². The van der Waals surface area contributed by atoms with Crippen molar-refractivity contribution in [3.8, 4) is 0 Å². The Morgan fingerprint density at radius 3 is 2.70 bits per heavy atom. The van der Waals surface area contributed by atoms with Crippen LogP contribution in [0.1, 0.15) is 24.9 Å². The molecule has 2 amide bonds. The van der Waals surface area contributed by atoms with Gasteiger partial charge in [-0.25, -0.2) is 9.59 Å². The van der Waals surface area contributed by atoms with Crippen molar-refractivity contribution in [2.45, 2.75) is 19.4 Å². The summed E-state index contributed by atoms with van der Waals surface area (Å²) in [7, 11) is 0. The normalized spacial score (nSPS) is 17.6. The Bertz CT molecular complexity index is 661. The lowest BCUT2D eigenvalue weighted by molar-refractivity contribution is -0.139. The molecule has 124 valence electrons. The standard InChI is InChI=1S/C15H15Cl3N2O3/c1-8-12(14(21)23-6-2-5-16)13(20-15(22)19-8)9-3-4-10(17)11(18)7-9/h3-4,7,13H,2,5-6H2,1H3,(H2,19,20,22)/t13-/m1/s1. The lowest BCUT2D eigenvalue weighted by atomic mass is 9.95. The third kappa shape index (κ3) is 4.31. The summed E-state index contributed by atoms with van der Waals surface area (Å²) in [5, 5.41) is 5.99. The fourth-order valence-corrected chi connectivity index (χ4v) is 2.62. The number of urea groups is 1. The molecule has 2 N–H and O–H groups in total. The molecule has 0 saturated carbocycles. The Morgan fingerprint density at radius 2 is 2.04 bits per heavy atom. The van der Waals surface area contributed by atoms with E-state index in [1.54, 1.807) is 25.1 Å². The number of ether oxygens (including phenoxy) is 1. The van der Waals surface area contributed by atoms with Gasteiger partial charge in [0.25, 0.3) is 0 Å². The van der Waals surface area contributed by atoms with Crippen LogP contribution in [0.25, 0.3) is 0 Å². The van der Waals surface area contributed by atoms with Gasteiger partial charge in [0.2, 0.25) is 0 Å². The van der Waals surface area contributed by atoms with Crippen LogP contribution in [0, 0.1) is 0 Å². The smallest absolute Gasteiger partial charge is 0.338 e. The van der Waals surface area contributed by atoms with E-state index in [1.165, 1.54) is 0 Å². The molecule has 8 heteroatoms. The maximum Gasteiger partial charge on any atom is 0.338 e. The predicted molar refractivity (Wildman–Crippen MR) is 89.9 cm³/mol. The van der Waals surface area contributed by atoms with Crippen LogP contribution < -0.4 is 10.6 Å². The van der Waals surface area contributed by atoms with E-state index in [0.29, 0.717) is 39.2 Å². The maximum absolute atomic E-state index is 12.4. The molecule has 1 heterocycles. The van der Waals surface area contributed by atoms with Gasteiger partial charge in [-0.15, -0.1) is 11.6 Å². The van der Waals surface area contributed by atoms with E-state index in [1.807, 2.05) is 0 Å². The molecule has 0 saturated heterocycles. The third-order valence-corrected chi connectivity index (χ3v) is 4.28. The van der Waals surface area contributed by atoms with Gasteiger partial charge in [0.05, 0.1) is 28.3 Å². The second-order valence-electron chi connectivity index (χ2n) is 4.92. The minimum absolute atomic E-state index is 0.209. The first-order valence-corrected chi connectivity index (χ1v) is 8.19. The summed E-state index contributed by atoms with van der Waals surface area (Å²) in [5.41, 5.74) is 1.39. The molecule has 0 aromatic heterocycles. The van der Waals surface area contributed by atoms with Gasteiger partial charge in [-0.1, -0.05) is 29.3 Å². The summed E-state index contributed by atoms with van der Waals surface area (Å²) in [4.78, 5) is 24.1. The van der Waals surface area contributed by atoms with E-state index in [-0.39, 0.29) is 6.61 Å². The van der Waals surface area contributed by atoms with Gasteiger partial charge in [-0.2, -0.15) is 0 Å². The van der Waals surface area contributed by atoms with Crippen molar-refractivity contribution in [3.63, 3.8) is 0 Å². The summed E-state index contributed by atoms with van der Waals surface area (Å²) >= 11 is 17.5. The molecule has 1 aromatic carbocycles. The minimum Gasteiger partial charge on any atom is -0.462 e. The van der Waals surface area contributed by atoms with Gasteiger partial charge in [-0.05, 0) is 31.0 Å². The first kappa shape index (κ1) is 17.9. The first-order valence-electron chi connectivity index (χ1n) is 6.90. The molecule has 1 aliphatic heterocycles. The van der Waals surface area contributed by atoms with Gasteiger partial charge in [0, 0.05) is 11.6 Å². The molecule has 1 aliphatic rings. The van der Waals surface area contributed by atoms with E-state index in [2.05, 4.69) is 10.6 Å². The molecule has 0 aliphatic carbocycles.